The second kappa shape index (κ2) is 9.07. The number of anilines is 2. The number of amides is 1. The average Bonchev–Trinajstić information content (AvgIpc) is 2.65. The van der Waals surface area contributed by atoms with Crippen LogP contribution in [0.5, 0.6) is 0 Å². The van der Waals surface area contributed by atoms with E-state index in [-0.39, 0.29) is 16.6 Å². The van der Waals surface area contributed by atoms with Crippen LogP contribution in [0.4, 0.5) is 15.9 Å². The van der Waals surface area contributed by atoms with Crippen molar-refractivity contribution in [3.63, 3.8) is 0 Å². The number of nitrogens with zero attached hydrogens (tertiary/aromatic N) is 3. The molecule has 1 aliphatic heterocycles. The number of halogens is 2. The topological polar surface area (TPSA) is 79.4 Å². The molecule has 0 unspecified atom stereocenters. The second-order valence-corrected chi connectivity index (χ2v) is 6.56. The van der Waals surface area contributed by atoms with Gasteiger partial charge in [0.15, 0.2) is 0 Å². The van der Waals surface area contributed by atoms with Gasteiger partial charge in [-0.05, 0) is 25.1 Å². The number of morpholine rings is 1. The molecule has 144 valence electrons. The lowest BCUT2D eigenvalue weighted by atomic mass is 10.3. The predicted octanol–water partition coefficient (Wildman–Crippen LogP) is 2.38. The molecule has 0 radical (unpaired) electrons. The Morgan fingerprint density at radius 3 is 2.81 bits per heavy atom. The van der Waals surface area contributed by atoms with Gasteiger partial charge in [0.25, 0.3) is 5.91 Å². The SMILES string of the molecule is Cc1nc(Nc2ccc(F)c(Cl)c2)cc(C(=O)NCCN2CCOCC2)n1. The predicted molar refractivity (Wildman–Crippen MR) is 101 cm³/mol. The van der Waals surface area contributed by atoms with Crippen molar-refractivity contribution >= 4 is 29.0 Å². The van der Waals surface area contributed by atoms with Crippen LogP contribution < -0.4 is 10.6 Å². The molecule has 2 heterocycles. The first-order chi connectivity index (χ1) is 13.0. The van der Waals surface area contributed by atoms with Crippen LogP contribution in [0.2, 0.25) is 5.02 Å². The number of rotatable bonds is 6. The largest absolute Gasteiger partial charge is 0.379 e. The van der Waals surface area contributed by atoms with Gasteiger partial charge in [0.1, 0.15) is 23.2 Å². The van der Waals surface area contributed by atoms with E-state index >= 15 is 0 Å². The Morgan fingerprint density at radius 1 is 1.30 bits per heavy atom. The maximum Gasteiger partial charge on any atom is 0.270 e. The Bertz CT molecular complexity index is 814. The molecule has 9 heteroatoms. The maximum atomic E-state index is 13.3. The van der Waals surface area contributed by atoms with Crippen LogP contribution in [0, 0.1) is 12.7 Å². The molecule has 3 rings (SSSR count). The van der Waals surface area contributed by atoms with Gasteiger partial charge in [0.05, 0.1) is 18.2 Å². The van der Waals surface area contributed by atoms with Gasteiger partial charge in [-0.25, -0.2) is 14.4 Å². The normalized spacial score (nSPS) is 14.8. The fourth-order valence-corrected chi connectivity index (χ4v) is 2.89. The molecular formula is C18H21ClFN5O2. The van der Waals surface area contributed by atoms with Crippen LogP contribution in [-0.2, 0) is 4.74 Å². The zero-order chi connectivity index (χ0) is 19.2. The van der Waals surface area contributed by atoms with E-state index in [2.05, 4.69) is 25.5 Å². The van der Waals surface area contributed by atoms with Crippen LogP contribution in [-0.4, -0.2) is 60.2 Å². The van der Waals surface area contributed by atoms with Gasteiger partial charge in [-0.15, -0.1) is 0 Å². The molecule has 0 atom stereocenters. The summed E-state index contributed by atoms with van der Waals surface area (Å²) in [6.07, 6.45) is 0. The summed E-state index contributed by atoms with van der Waals surface area (Å²) in [5.74, 6) is 0.116. The minimum absolute atomic E-state index is 0.00635. The standard InChI is InChI=1S/C18H21ClFN5O2/c1-12-22-16(18(26)21-4-5-25-6-8-27-9-7-25)11-17(23-12)24-13-2-3-15(20)14(19)10-13/h2-3,10-11H,4-9H2,1H3,(H,21,26)(H,22,23,24). The van der Waals surface area contributed by atoms with Crippen LogP contribution in [0.25, 0.3) is 0 Å². The minimum Gasteiger partial charge on any atom is -0.379 e. The summed E-state index contributed by atoms with van der Waals surface area (Å²) in [6.45, 7) is 6.18. The van der Waals surface area contributed by atoms with E-state index in [1.54, 1.807) is 19.1 Å². The fraction of sp³-hybridized carbons (Fsp3) is 0.389. The van der Waals surface area contributed by atoms with Gasteiger partial charge in [0, 0.05) is 37.9 Å². The van der Waals surface area contributed by atoms with Crippen molar-refractivity contribution in [2.24, 2.45) is 0 Å². The molecule has 1 aromatic heterocycles. The zero-order valence-electron chi connectivity index (χ0n) is 15.0. The summed E-state index contributed by atoms with van der Waals surface area (Å²) >= 11 is 5.79. The fourth-order valence-electron chi connectivity index (χ4n) is 2.71. The van der Waals surface area contributed by atoms with Crippen molar-refractivity contribution in [1.29, 1.82) is 0 Å². The Labute approximate surface area is 161 Å². The second-order valence-electron chi connectivity index (χ2n) is 6.15. The maximum absolute atomic E-state index is 13.3. The Morgan fingerprint density at radius 2 is 2.07 bits per heavy atom. The van der Waals surface area contributed by atoms with Crippen molar-refractivity contribution in [2.45, 2.75) is 6.92 Å². The number of aryl methyl sites for hydroxylation is 1. The molecule has 0 spiro atoms. The minimum atomic E-state index is -0.499. The summed E-state index contributed by atoms with van der Waals surface area (Å²) in [4.78, 5) is 23.1. The average molecular weight is 394 g/mol. The third kappa shape index (κ3) is 5.59. The molecule has 1 fully saturated rings. The van der Waals surface area contributed by atoms with Gasteiger partial charge in [-0.2, -0.15) is 0 Å². The van der Waals surface area contributed by atoms with Gasteiger partial charge >= 0.3 is 0 Å². The van der Waals surface area contributed by atoms with Crippen molar-refractivity contribution in [1.82, 2.24) is 20.2 Å². The third-order valence-electron chi connectivity index (χ3n) is 4.08. The van der Waals surface area contributed by atoms with Crippen LogP contribution in [0.15, 0.2) is 24.3 Å². The summed E-state index contributed by atoms with van der Waals surface area (Å²) in [5, 5.41) is 5.89. The van der Waals surface area contributed by atoms with Crippen molar-refractivity contribution in [3.8, 4) is 0 Å². The Balaban J connectivity index is 1.61. The lowest BCUT2D eigenvalue weighted by Gasteiger charge is -2.26. The van der Waals surface area contributed by atoms with E-state index < -0.39 is 5.82 Å². The Kier molecular flexibility index (Phi) is 6.54. The summed E-state index contributed by atoms with van der Waals surface area (Å²) in [7, 11) is 0. The quantitative estimate of drug-likeness (QED) is 0.784. The van der Waals surface area contributed by atoms with Crippen LogP contribution in [0.1, 0.15) is 16.3 Å². The highest BCUT2D eigenvalue weighted by molar-refractivity contribution is 6.31. The summed E-state index contributed by atoms with van der Waals surface area (Å²) in [5.41, 5.74) is 0.832. The smallest absolute Gasteiger partial charge is 0.270 e. The van der Waals surface area contributed by atoms with E-state index in [1.165, 1.54) is 12.1 Å². The van der Waals surface area contributed by atoms with Gasteiger partial charge in [-0.1, -0.05) is 11.6 Å². The van der Waals surface area contributed by atoms with Crippen LogP contribution in [0.3, 0.4) is 0 Å². The lowest BCUT2D eigenvalue weighted by Crippen LogP contribution is -2.41. The number of ether oxygens (including phenoxy) is 1. The highest BCUT2D eigenvalue weighted by Gasteiger charge is 2.13. The molecule has 0 bridgehead atoms. The molecule has 27 heavy (non-hydrogen) atoms. The molecule has 1 aromatic carbocycles. The molecular weight excluding hydrogens is 373 g/mol. The number of aromatic nitrogens is 2. The first kappa shape index (κ1) is 19.5. The summed E-state index contributed by atoms with van der Waals surface area (Å²) < 4.78 is 18.6. The van der Waals surface area contributed by atoms with Crippen molar-refractivity contribution in [3.05, 3.63) is 46.6 Å². The van der Waals surface area contributed by atoms with E-state index in [4.69, 9.17) is 16.3 Å². The molecule has 2 aromatic rings. The van der Waals surface area contributed by atoms with Gasteiger partial charge < -0.3 is 15.4 Å². The number of carbonyl (C=O) groups excluding carboxylic acids is 1. The number of carbonyl (C=O) groups is 1. The molecule has 1 amide bonds. The zero-order valence-corrected chi connectivity index (χ0v) is 15.7. The van der Waals surface area contributed by atoms with E-state index in [9.17, 15) is 9.18 Å². The van der Waals surface area contributed by atoms with Crippen molar-refractivity contribution < 1.29 is 13.9 Å². The third-order valence-corrected chi connectivity index (χ3v) is 4.37. The summed E-state index contributed by atoms with van der Waals surface area (Å²) in [6, 6.07) is 5.81. The molecule has 0 aliphatic carbocycles. The number of hydrogen-bond donors (Lipinski definition) is 2. The number of nitrogens with one attached hydrogen (secondary N) is 2. The molecule has 1 saturated heterocycles. The molecule has 2 N–H and O–H groups in total. The highest BCUT2D eigenvalue weighted by atomic mass is 35.5. The van der Waals surface area contributed by atoms with E-state index in [0.29, 0.717) is 23.9 Å². The monoisotopic (exact) mass is 393 g/mol. The van der Waals surface area contributed by atoms with Gasteiger partial charge in [-0.3, -0.25) is 9.69 Å². The number of benzene rings is 1. The van der Waals surface area contributed by atoms with Crippen molar-refractivity contribution in [2.75, 3.05) is 44.7 Å². The van der Waals surface area contributed by atoms with E-state index in [0.717, 1.165) is 32.8 Å². The van der Waals surface area contributed by atoms with Gasteiger partial charge in [0.2, 0.25) is 0 Å². The van der Waals surface area contributed by atoms with Crippen LogP contribution >= 0.6 is 11.6 Å². The first-order valence-electron chi connectivity index (χ1n) is 8.67. The molecule has 0 saturated carbocycles. The first-order valence-corrected chi connectivity index (χ1v) is 9.05. The Hall–Kier alpha value is -2.29. The highest BCUT2D eigenvalue weighted by Crippen LogP contribution is 2.22. The molecule has 1 aliphatic rings. The number of hydrogen-bond acceptors (Lipinski definition) is 6. The molecule has 7 nitrogen and oxygen atoms in total. The lowest BCUT2D eigenvalue weighted by molar-refractivity contribution is 0.0383. The van der Waals surface area contributed by atoms with E-state index in [1.807, 2.05) is 0 Å².